The molecule has 0 saturated heterocycles. The van der Waals surface area contributed by atoms with E-state index in [1.165, 1.54) is 11.2 Å². The third-order valence-corrected chi connectivity index (χ3v) is 3.45. The number of nitrogens with zero attached hydrogens (tertiary/aromatic N) is 2. The van der Waals surface area contributed by atoms with E-state index in [0.29, 0.717) is 23.1 Å². The third kappa shape index (κ3) is 4.21. The van der Waals surface area contributed by atoms with E-state index in [-0.39, 0.29) is 31.3 Å². The Balaban J connectivity index is 2.10. The summed E-state index contributed by atoms with van der Waals surface area (Å²) >= 11 is 0. The average Bonchev–Trinajstić information content (AvgIpc) is 3.08. The molecule has 7 nitrogen and oxygen atoms in total. The molecule has 1 amide bonds. The lowest BCUT2D eigenvalue weighted by atomic mass is 10.2. The summed E-state index contributed by atoms with van der Waals surface area (Å²) in [5.74, 6) is 0.270. The van der Waals surface area contributed by atoms with Crippen molar-refractivity contribution in [2.24, 2.45) is 0 Å². The lowest BCUT2D eigenvalue weighted by Crippen LogP contribution is -2.39. The van der Waals surface area contributed by atoms with Crippen molar-refractivity contribution < 1.29 is 23.5 Å². The van der Waals surface area contributed by atoms with Gasteiger partial charge in [-0.15, -0.1) is 0 Å². The van der Waals surface area contributed by atoms with Gasteiger partial charge in [0.25, 0.3) is 5.89 Å². The van der Waals surface area contributed by atoms with E-state index in [9.17, 15) is 9.59 Å². The van der Waals surface area contributed by atoms with Gasteiger partial charge in [0.15, 0.2) is 5.76 Å². The number of hydrogen-bond acceptors (Lipinski definition) is 5. The molecule has 0 aliphatic carbocycles. The van der Waals surface area contributed by atoms with Gasteiger partial charge in [-0.05, 0) is 32.9 Å². The molecule has 0 radical (unpaired) electrons. The Morgan fingerprint density at radius 2 is 2.13 bits per heavy atom. The summed E-state index contributed by atoms with van der Waals surface area (Å²) in [7, 11) is 0. The number of carboxylic acids is 1. The Hall–Kier alpha value is -2.57. The van der Waals surface area contributed by atoms with E-state index in [4.69, 9.17) is 13.9 Å². The van der Waals surface area contributed by atoms with E-state index in [2.05, 4.69) is 4.98 Å². The van der Waals surface area contributed by atoms with Crippen LogP contribution in [-0.2, 0) is 16.0 Å². The minimum atomic E-state index is -0.929. The lowest BCUT2D eigenvalue weighted by molar-refractivity contribution is -0.139. The van der Waals surface area contributed by atoms with Crippen LogP contribution in [0.5, 0.6) is 0 Å². The second kappa shape index (κ2) is 7.13. The fourth-order valence-corrected chi connectivity index (χ4v) is 2.23. The standard InChI is InChI=1S/C16H20N2O5/c1-10(2)18(7-6-15(20)21)14(19)9-12-11(3)23-16(17-12)13-5-4-8-22-13/h4-5,8,10H,6-7,9H2,1-3H3,(H,20,21). The predicted molar refractivity (Wildman–Crippen MR) is 81.7 cm³/mol. The van der Waals surface area contributed by atoms with Crippen LogP contribution in [0, 0.1) is 6.92 Å². The molecule has 0 fully saturated rings. The molecule has 124 valence electrons. The van der Waals surface area contributed by atoms with Crippen LogP contribution >= 0.6 is 0 Å². The van der Waals surface area contributed by atoms with Gasteiger partial charge in [0, 0.05) is 12.6 Å². The first-order valence-electron chi connectivity index (χ1n) is 7.40. The molecule has 0 aliphatic heterocycles. The number of carboxylic acid groups (broad SMARTS) is 1. The number of aliphatic carboxylic acids is 1. The summed E-state index contributed by atoms with van der Waals surface area (Å²) in [6.07, 6.45) is 1.50. The SMILES string of the molecule is Cc1oc(-c2ccco2)nc1CC(=O)N(CCC(=O)O)C(C)C. The Morgan fingerprint density at radius 1 is 1.39 bits per heavy atom. The largest absolute Gasteiger partial charge is 0.481 e. The number of amides is 1. The average molecular weight is 320 g/mol. The Labute approximate surface area is 133 Å². The third-order valence-electron chi connectivity index (χ3n) is 3.45. The zero-order valence-corrected chi connectivity index (χ0v) is 13.4. The number of aryl methyl sites for hydroxylation is 1. The smallest absolute Gasteiger partial charge is 0.305 e. The highest BCUT2D eigenvalue weighted by atomic mass is 16.4. The molecule has 2 aromatic rings. The zero-order valence-electron chi connectivity index (χ0n) is 13.4. The first kappa shape index (κ1) is 16.8. The quantitative estimate of drug-likeness (QED) is 0.842. The van der Waals surface area contributed by atoms with Crippen molar-refractivity contribution >= 4 is 11.9 Å². The van der Waals surface area contributed by atoms with Crippen molar-refractivity contribution in [3.05, 3.63) is 29.9 Å². The van der Waals surface area contributed by atoms with Gasteiger partial charge >= 0.3 is 5.97 Å². The first-order valence-corrected chi connectivity index (χ1v) is 7.40. The second-order valence-electron chi connectivity index (χ2n) is 5.50. The van der Waals surface area contributed by atoms with Crippen LogP contribution < -0.4 is 0 Å². The highest BCUT2D eigenvalue weighted by molar-refractivity contribution is 5.79. The van der Waals surface area contributed by atoms with Crippen LogP contribution in [0.4, 0.5) is 0 Å². The van der Waals surface area contributed by atoms with E-state index in [0.717, 1.165) is 0 Å². The maximum atomic E-state index is 12.4. The molecule has 7 heteroatoms. The van der Waals surface area contributed by atoms with Gasteiger partial charge in [0.1, 0.15) is 5.76 Å². The second-order valence-corrected chi connectivity index (χ2v) is 5.50. The fourth-order valence-electron chi connectivity index (χ4n) is 2.23. The minimum absolute atomic E-state index is 0.0633. The molecular weight excluding hydrogens is 300 g/mol. The number of rotatable bonds is 7. The molecule has 1 N–H and O–H groups in total. The molecule has 2 rings (SSSR count). The summed E-state index contributed by atoms with van der Waals surface area (Å²) in [4.78, 5) is 29.0. The van der Waals surface area contributed by atoms with Crippen LogP contribution in [0.1, 0.15) is 31.7 Å². The maximum Gasteiger partial charge on any atom is 0.305 e. The van der Waals surface area contributed by atoms with Gasteiger partial charge < -0.3 is 18.8 Å². The number of hydrogen-bond donors (Lipinski definition) is 1. The number of oxazole rings is 1. The lowest BCUT2D eigenvalue weighted by Gasteiger charge is -2.26. The van der Waals surface area contributed by atoms with Gasteiger partial charge in [-0.2, -0.15) is 0 Å². The molecule has 0 aliphatic rings. The van der Waals surface area contributed by atoms with E-state index >= 15 is 0 Å². The van der Waals surface area contributed by atoms with Crippen molar-refractivity contribution in [1.29, 1.82) is 0 Å². The Bertz CT molecular complexity index is 673. The number of carbonyl (C=O) groups excluding carboxylic acids is 1. The molecule has 2 aromatic heterocycles. The van der Waals surface area contributed by atoms with E-state index in [1.54, 1.807) is 19.1 Å². The Morgan fingerprint density at radius 3 is 2.70 bits per heavy atom. The molecule has 0 bridgehead atoms. The summed E-state index contributed by atoms with van der Waals surface area (Å²) in [6, 6.07) is 3.37. The van der Waals surface area contributed by atoms with Gasteiger partial charge in [-0.3, -0.25) is 9.59 Å². The van der Waals surface area contributed by atoms with Crippen LogP contribution in [0.3, 0.4) is 0 Å². The predicted octanol–water partition coefficient (Wildman–Crippen LogP) is 2.50. The van der Waals surface area contributed by atoms with Crippen LogP contribution in [0.2, 0.25) is 0 Å². The molecule has 0 spiro atoms. The highest BCUT2D eigenvalue weighted by Gasteiger charge is 2.22. The molecule has 23 heavy (non-hydrogen) atoms. The molecule has 2 heterocycles. The highest BCUT2D eigenvalue weighted by Crippen LogP contribution is 2.22. The van der Waals surface area contributed by atoms with Crippen molar-refractivity contribution in [2.75, 3.05) is 6.54 Å². The van der Waals surface area contributed by atoms with Crippen molar-refractivity contribution in [3.63, 3.8) is 0 Å². The molecule has 0 saturated carbocycles. The number of furan rings is 1. The summed E-state index contributed by atoms with van der Waals surface area (Å²) in [5, 5.41) is 8.79. The summed E-state index contributed by atoms with van der Waals surface area (Å²) in [6.45, 7) is 5.61. The zero-order chi connectivity index (χ0) is 17.0. The van der Waals surface area contributed by atoms with Gasteiger partial charge in [-0.25, -0.2) is 4.98 Å². The van der Waals surface area contributed by atoms with Gasteiger partial charge in [-0.1, -0.05) is 0 Å². The van der Waals surface area contributed by atoms with Gasteiger partial charge in [0.05, 0.1) is 24.8 Å². The van der Waals surface area contributed by atoms with Crippen LogP contribution in [-0.4, -0.2) is 39.5 Å². The molecule has 0 atom stereocenters. The van der Waals surface area contributed by atoms with Crippen molar-refractivity contribution in [2.45, 2.75) is 39.7 Å². The van der Waals surface area contributed by atoms with Crippen molar-refractivity contribution in [3.8, 4) is 11.7 Å². The van der Waals surface area contributed by atoms with Gasteiger partial charge in [0.2, 0.25) is 5.91 Å². The van der Waals surface area contributed by atoms with E-state index in [1.807, 2.05) is 13.8 Å². The summed E-state index contributed by atoms with van der Waals surface area (Å²) < 4.78 is 10.8. The first-order chi connectivity index (χ1) is 10.9. The molecule has 0 aromatic carbocycles. The van der Waals surface area contributed by atoms with E-state index < -0.39 is 5.97 Å². The molecular formula is C16H20N2O5. The fraction of sp³-hybridized carbons (Fsp3) is 0.438. The normalized spacial score (nSPS) is 11.0. The minimum Gasteiger partial charge on any atom is -0.481 e. The van der Waals surface area contributed by atoms with Crippen LogP contribution in [0.25, 0.3) is 11.7 Å². The Kier molecular flexibility index (Phi) is 5.20. The van der Waals surface area contributed by atoms with Crippen molar-refractivity contribution in [1.82, 2.24) is 9.88 Å². The summed E-state index contributed by atoms with van der Waals surface area (Å²) in [5.41, 5.74) is 0.530. The topological polar surface area (TPSA) is 96.8 Å². The number of carbonyl (C=O) groups is 2. The van der Waals surface area contributed by atoms with Crippen LogP contribution in [0.15, 0.2) is 27.2 Å². The maximum absolute atomic E-state index is 12.4. The number of aromatic nitrogens is 1. The monoisotopic (exact) mass is 320 g/mol. The molecule has 0 unspecified atom stereocenters.